The van der Waals surface area contributed by atoms with Crippen LogP contribution in [0.2, 0.25) is 10.0 Å². The summed E-state index contributed by atoms with van der Waals surface area (Å²) in [6.45, 7) is 6.96. The summed E-state index contributed by atoms with van der Waals surface area (Å²) < 4.78 is 11.0. The van der Waals surface area contributed by atoms with Crippen molar-refractivity contribution in [2.45, 2.75) is 6.61 Å². The van der Waals surface area contributed by atoms with Crippen molar-refractivity contribution in [2.24, 2.45) is 0 Å². The largest absolute Gasteiger partial charge is 0.489 e. The van der Waals surface area contributed by atoms with Crippen LogP contribution >= 0.6 is 23.2 Å². The van der Waals surface area contributed by atoms with E-state index in [4.69, 9.17) is 43.8 Å². The molecule has 2 fully saturated rings. The Morgan fingerprint density at radius 3 is 2.33 bits per heavy atom. The zero-order chi connectivity index (χ0) is 28.5. The average Bonchev–Trinajstić information content (AvgIpc) is 2.98. The number of nitrogens with zero attached hydrogens (tertiary/aromatic N) is 5. The number of amides is 1. The second-order valence-corrected chi connectivity index (χ2v) is 10.3. The molecule has 0 unspecified atom stereocenters. The number of anilines is 2. The van der Waals surface area contributed by atoms with Crippen molar-refractivity contribution in [3.05, 3.63) is 75.7 Å². The molecular formula is C28H33Cl2N7O3. The summed E-state index contributed by atoms with van der Waals surface area (Å²) in [5, 5.41) is 9.50. The standard InChI is InChI=1S/C23H22Cl2N6O2.C5H11NO/c24-19-11-28-12-20(25)18(19)13-33-16-2-3-21(26)17(9-16)23(27)15-1-4-22(29-10-15)31-7-5-30(14-32)6-8-31;1-6-2-4-7-5-3-6/h1-4,9-12,14,27H,5-8,13,26H2;2-5H2,1H3. The van der Waals surface area contributed by atoms with Crippen LogP contribution in [0.1, 0.15) is 16.7 Å². The van der Waals surface area contributed by atoms with Gasteiger partial charge in [0.15, 0.2) is 0 Å². The lowest BCUT2D eigenvalue weighted by Crippen LogP contribution is -2.46. The van der Waals surface area contributed by atoms with E-state index in [0.29, 0.717) is 51.3 Å². The molecule has 3 aromatic rings. The number of aromatic nitrogens is 2. The molecule has 10 nitrogen and oxygen atoms in total. The van der Waals surface area contributed by atoms with Gasteiger partial charge in [0.2, 0.25) is 6.41 Å². The van der Waals surface area contributed by atoms with Gasteiger partial charge >= 0.3 is 0 Å². The van der Waals surface area contributed by atoms with Gasteiger partial charge in [0, 0.05) is 80.2 Å². The highest BCUT2D eigenvalue weighted by Gasteiger charge is 2.18. The molecule has 0 radical (unpaired) electrons. The third-order valence-corrected chi connectivity index (χ3v) is 7.34. The summed E-state index contributed by atoms with van der Waals surface area (Å²) in [6, 6.07) is 8.87. The van der Waals surface area contributed by atoms with Crippen LogP contribution in [0.4, 0.5) is 11.5 Å². The van der Waals surface area contributed by atoms with Crippen LogP contribution < -0.4 is 15.4 Å². The molecule has 2 aliphatic heterocycles. The van der Waals surface area contributed by atoms with Gasteiger partial charge in [-0.05, 0) is 37.4 Å². The molecule has 0 saturated carbocycles. The number of rotatable bonds is 7. The van der Waals surface area contributed by atoms with Crippen LogP contribution in [0, 0.1) is 5.41 Å². The number of pyridine rings is 2. The second kappa shape index (κ2) is 14.3. The van der Waals surface area contributed by atoms with Gasteiger partial charge in [0.05, 0.1) is 29.0 Å². The molecule has 40 heavy (non-hydrogen) atoms. The van der Waals surface area contributed by atoms with Crippen LogP contribution in [0.25, 0.3) is 0 Å². The average molecular weight is 587 g/mol. The fraction of sp³-hybridized carbons (Fsp3) is 0.357. The van der Waals surface area contributed by atoms with Crippen LogP contribution in [0.5, 0.6) is 5.75 Å². The SMILES string of the molecule is CN1CCOCC1.N=C(c1ccc(N2CCN(C=O)CC2)nc1)c1cc(OCc2c(Cl)cncc2Cl)ccc1N. The van der Waals surface area contributed by atoms with E-state index in [9.17, 15) is 4.79 Å². The lowest BCUT2D eigenvalue weighted by molar-refractivity contribution is -0.118. The van der Waals surface area contributed by atoms with Crippen LogP contribution in [-0.2, 0) is 16.1 Å². The van der Waals surface area contributed by atoms with E-state index in [1.165, 1.54) is 12.4 Å². The number of benzene rings is 1. The molecule has 1 aromatic carbocycles. The summed E-state index contributed by atoms with van der Waals surface area (Å²) in [5.74, 6) is 1.35. The fourth-order valence-corrected chi connectivity index (χ4v) is 4.63. The monoisotopic (exact) mass is 585 g/mol. The van der Waals surface area contributed by atoms with Crippen molar-refractivity contribution >= 4 is 46.8 Å². The summed E-state index contributed by atoms with van der Waals surface area (Å²) in [7, 11) is 2.11. The highest BCUT2D eigenvalue weighted by Crippen LogP contribution is 2.27. The van der Waals surface area contributed by atoms with E-state index in [0.717, 1.165) is 51.6 Å². The molecule has 5 rings (SSSR count). The quantitative estimate of drug-likeness (QED) is 0.245. The van der Waals surface area contributed by atoms with E-state index < -0.39 is 0 Å². The molecule has 3 N–H and O–H groups in total. The van der Waals surface area contributed by atoms with Crippen molar-refractivity contribution in [1.82, 2.24) is 19.8 Å². The molecule has 0 atom stereocenters. The molecule has 2 saturated heterocycles. The Balaban J connectivity index is 0.000000461. The van der Waals surface area contributed by atoms with Crippen molar-refractivity contribution in [3.8, 4) is 5.75 Å². The zero-order valence-electron chi connectivity index (χ0n) is 22.4. The first kappa shape index (κ1) is 29.5. The molecule has 1 amide bonds. The summed E-state index contributed by atoms with van der Waals surface area (Å²) in [6.07, 6.45) is 5.55. The Morgan fingerprint density at radius 2 is 1.75 bits per heavy atom. The smallest absolute Gasteiger partial charge is 0.209 e. The lowest BCUT2D eigenvalue weighted by atomic mass is 10.0. The zero-order valence-corrected chi connectivity index (χ0v) is 23.9. The third kappa shape index (κ3) is 7.82. The Bertz CT molecular complexity index is 1280. The number of likely N-dealkylation sites (N-methyl/N-ethyl adjacent to an activating group) is 1. The maximum atomic E-state index is 10.9. The highest BCUT2D eigenvalue weighted by molar-refractivity contribution is 6.35. The maximum Gasteiger partial charge on any atom is 0.209 e. The number of nitrogens with two attached hydrogens (primary N) is 1. The number of hydrogen-bond acceptors (Lipinski definition) is 9. The normalized spacial score (nSPS) is 15.7. The minimum atomic E-state index is 0.157. The van der Waals surface area contributed by atoms with Crippen molar-refractivity contribution in [3.63, 3.8) is 0 Å². The Morgan fingerprint density at radius 1 is 1.05 bits per heavy atom. The number of carbonyl (C=O) groups excluding carboxylic acids is 1. The Labute approximate surface area is 244 Å². The Kier molecular flexibility index (Phi) is 10.5. The molecule has 0 spiro atoms. The number of hydrogen-bond donors (Lipinski definition) is 2. The molecular weight excluding hydrogens is 553 g/mol. The number of nitrogens with one attached hydrogen (secondary N) is 1. The molecule has 2 aromatic heterocycles. The number of carbonyl (C=O) groups is 1. The van der Waals surface area contributed by atoms with E-state index in [2.05, 4.69) is 26.8 Å². The number of nitrogen functional groups attached to an aromatic ring is 1. The molecule has 2 aliphatic rings. The first-order valence-corrected chi connectivity index (χ1v) is 13.7. The first-order valence-electron chi connectivity index (χ1n) is 12.9. The van der Waals surface area contributed by atoms with Gasteiger partial charge < -0.3 is 29.9 Å². The summed E-state index contributed by atoms with van der Waals surface area (Å²) >= 11 is 12.3. The third-order valence-electron chi connectivity index (χ3n) is 6.69. The predicted molar refractivity (Wildman–Crippen MR) is 158 cm³/mol. The minimum absolute atomic E-state index is 0.157. The number of piperazine rings is 1. The van der Waals surface area contributed by atoms with Gasteiger partial charge in [-0.2, -0.15) is 0 Å². The Hall–Kier alpha value is -3.44. The van der Waals surface area contributed by atoms with E-state index >= 15 is 0 Å². The van der Waals surface area contributed by atoms with Gasteiger partial charge in [0.1, 0.15) is 18.2 Å². The number of ether oxygens (including phenoxy) is 2. The molecule has 0 bridgehead atoms. The fourth-order valence-electron chi connectivity index (χ4n) is 4.16. The topological polar surface area (TPSA) is 121 Å². The van der Waals surface area contributed by atoms with Gasteiger partial charge in [-0.25, -0.2) is 4.98 Å². The van der Waals surface area contributed by atoms with Gasteiger partial charge in [0.25, 0.3) is 0 Å². The van der Waals surface area contributed by atoms with Crippen molar-refractivity contribution in [2.75, 3.05) is 70.2 Å². The molecule has 212 valence electrons. The van der Waals surface area contributed by atoms with E-state index in [-0.39, 0.29) is 12.3 Å². The lowest BCUT2D eigenvalue weighted by Gasteiger charge is -2.33. The molecule has 0 aliphatic carbocycles. The van der Waals surface area contributed by atoms with Crippen LogP contribution in [0.15, 0.2) is 48.9 Å². The van der Waals surface area contributed by atoms with Crippen molar-refractivity contribution < 1.29 is 14.3 Å². The van der Waals surface area contributed by atoms with Gasteiger partial charge in [-0.15, -0.1) is 0 Å². The minimum Gasteiger partial charge on any atom is -0.489 e. The first-order chi connectivity index (χ1) is 19.4. The number of morpholine rings is 1. The van der Waals surface area contributed by atoms with Gasteiger partial charge in [-0.1, -0.05) is 23.2 Å². The summed E-state index contributed by atoms with van der Waals surface area (Å²) in [5.41, 5.74) is 8.65. The molecule has 4 heterocycles. The highest BCUT2D eigenvalue weighted by atomic mass is 35.5. The van der Waals surface area contributed by atoms with E-state index in [1.807, 2.05) is 12.1 Å². The van der Waals surface area contributed by atoms with Crippen LogP contribution in [0.3, 0.4) is 0 Å². The summed E-state index contributed by atoms with van der Waals surface area (Å²) in [4.78, 5) is 25.5. The second-order valence-electron chi connectivity index (χ2n) is 9.44. The number of halogens is 2. The predicted octanol–water partition coefficient (Wildman–Crippen LogP) is 3.59. The van der Waals surface area contributed by atoms with Gasteiger partial charge in [-0.3, -0.25) is 15.2 Å². The molecule has 12 heteroatoms. The maximum absolute atomic E-state index is 10.9. The van der Waals surface area contributed by atoms with Crippen LogP contribution in [-0.4, -0.2) is 91.4 Å². The van der Waals surface area contributed by atoms with E-state index in [1.54, 1.807) is 29.3 Å². The van der Waals surface area contributed by atoms with Crippen molar-refractivity contribution in [1.29, 1.82) is 5.41 Å².